The average molecular weight is 283 g/mol. The van der Waals surface area contributed by atoms with Gasteiger partial charge in [-0.25, -0.2) is 0 Å². The molecule has 6 heteroatoms. The number of aliphatic carboxylic acids is 1. The van der Waals surface area contributed by atoms with E-state index in [1.165, 1.54) is 50.6 Å². The van der Waals surface area contributed by atoms with E-state index in [4.69, 9.17) is 20.1 Å². The van der Waals surface area contributed by atoms with Crippen LogP contribution in [0.1, 0.15) is 36.5 Å². The molecule has 0 radical (unpaired) electrons. The molecule has 2 rings (SSSR count). The highest BCUT2D eigenvalue weighted by Gasteiger charge is 1.97. The molecule has 1 fully saturated rings. The van der Waals surface area contributed by atoms with Crippen LogP contribution in [-0.2, 0) is 4.79 Å². The number of carbonyl (C=O) groups is 2. The van der Waals surface area contributed by atoms with Gasteiger partial charge in [0.15, 0.2) is 11.5 Å². The molecule has 1 aromatic rings. The standard InChI is InChI=1S/C7H6O3.C5H11N.C2H4O2/c8-4-5-1-2-6(9)7(10)3-5;1-2-4-6-5-3-1;1-2(3)4/h1-4,9-10H;6H,1-5H2;1H3,(H,3,4). The summed E-state index contributed by atoms with van der Waals surface area (Å²) in [6, 6.07) is 3.88. The summed E-state index contributed by atoms with van der Waals surface area (Å²) in [7, 11) is 0. The Morgan fingerprint density at radius 1 is 1.15 bits per heavy atom. The van der Waals surface area contributed by atoms with Crippen LogP contribution >= 0.6 is 0 Å². The van der Waals surface area contributed by atoms with Crippen LogP contribution in [-0.4, -0.2) is 40.7 Å². The molecule has 1 aliphatic heterocycles. The summed E-state index contributed by atoms with van der Waals surface area (Å²) in [5.74, 6) is -1.32. The lowest BCUT2D eigenvalue weighted by atomic mass is 10.2. The summed E-state index contributed by atoms with van der Waals surface area (Å²) >= 11 is 0. The first-order chi connectivity index (χ1) is 9.47. The van der Waals surface area contributed by atoms with Crippen LogP contribution in [0.2, 0.25) is 0 Å². The number of phenolic OH excluding ortho intramolecular Hbond substituents is 2. The van der Waals surface area contributed by atoms with Gasteiger partial charge in [-0.2, -0.15) is 0 Å². The lowest BCUT2D eigenvalue weighted by Gasteiger charge is -2.08. The van der Waals surface area contributed by atoms with E-state index in [0.29, 0.717) is 11.8 Å². The number of aldehydes is 1. The van der Waals surface area contributed by atoms with Gasteiger partial charge in [-0.1, -0.05) is 6.42 Å². The number of hydrogen-bond acceptors (Lipinski definition) is 5. The van der Waals surface area contributed by atoms with Crippen molar-refractivity contribution in [3.8, 4) is 11.5 Å². The zero-order valence-electron chi connectivity index (χ0n) is 11.5. The van der Waals surface area contributed by atoms with Crippen LogP contribution in [0.4, 0.5) is 0 Å². The number of hydrogen-bond donors (Lipinski definition) is 4. The highest BCUT2D eigenvalue weighted by atomic mass is 16.4. The third-order valence-electron chi connectivity index (χ3n) is 2.34. The molecule has 0 bridgehead atoms. The Kier molecular flexibility index (Phi) is 9.68. The Bertz CT molecular complexity index is 401. The van der Waals surface area contributed by atoms with Crippen molar-refractivity contribution < 1.29 is 24.9 Å². The maximum atomic E-state index is 10.1. The molecule has 4 N–H and O–H groups in total. The zero-order valence-corrected chi connectivity index (χ0v) is 11.5. The van der Waals surface area contributed by atoms with Gasteiger partial charge in [-0.05, 0) is 44.1 Å². The molecule has 0 spiro atoms. The molecular formula is C14H21NO5. The number of carbonyl (C=O) groups excluding carboxylic acids is 1. The van der Waals surface area contributed by atoms with Gasteiger partial charge in [0.1, 0.15) is 6.29 Å². The van der Waals surface area contributed by atoms with E-state index in [1.807, 2.05) is 0 Å². The van der Waals surface area contributed by atoms with E-state index in [1.54, 1.807) is 0 Å². The van der Waals surface area contributed by atoms with E-state index < -0.39 is 5.97 Å². The summed E-state index contributed by atoms with van der Waals surface area (Å²) in [6.45, 7) is 3.58. The Morgan fingerprint density at radius 2 is 1.70 bits per heavy atom. The molecule has 1 heterocycles. The minimum Gasteiger partial charge on any atom is -0.504 e. The molecule has 112 valence electrons. The maximum absolute atomic E-state index is 10.1. The molecule has 0 aromatic heterocycles. The van der Waals surface area contributed by atoms with Crippen molar-refractivity contribution >= 4 is 12.3 Å². The number of piperidine rings is 1. The third-order valence-corrected chi connectivity index (χ3v) is 2.34. The number of phenols is 2. The van der Waals surface area contributed by atoms with Crippen LogP contribution in [0.15, 0.2) is 18.2 Å². The molecule has 0 aliphatic carbocycles. The summed E-state index contributed by atoms with van der Waals surface area (Å²) < 4.78 is 0. The van der Waals surface area contributed by atoms with Gasteiger partial charge in [-0.3, -0.25) is 9.59 Å². The van der Waals surface area contributed by atoms with Gasteiger partial charge in [-0.15, -0.1) is 0 Å². The van der Waals surface area contributed by atoms with Gasteiger partial charge in [0.25, 0.3) is 5.97 Å². The summed E-state index contributed by atoms with van der Waals surface area (Å²) in [4.78, 5) is 19.1. The monoisotopic (exact) mass is 283 g/mol. The fraction of sp³-hybridized carbons (Fsp3) is 0.429. The highest BCUT2D eigenvalue weighted by molar-refractivity contribution is 5.76. The first-order valence-electron chi connectivity index (χ1n) is 6.34. The lowest BCUT2D eigenvalue weighted by Crippen LogP contribution is -2.21. The van der Waals surface area contributed by atoms with Gasteiger partial charge < -0.3 is 20.6 Å². The van der Waals surface area contributed by atoms with E-state index in [2.05, 4.69) is 5.32 Å². The SMILES string of the molecule is C1CCNCC1.CC(=O)O.O=Cc1ccc(O)c(O)c1. The minimum absolute atomic E-state index is 0.217. The Labute approximate surface area is 118 Å². The first kappa shape index (κ1) is 17.9. The molecular weight excluding hydrogens is 262 g/mol. The quantitative estimate of drug-likeness (QED) is 0.462. The second kappa shape index (κ2) is 10.8. The van der Waals surface area contributed by atoms with Crippen molar-refractivity contribution in [3.63, 3.8) is 0 Å². The average Bonchev–Trinajstić information content (AvgIpc) is 2.44. The molecule has 0 amide bonds. The number of aromatic hydroxyl groups is 2. The number of rotatable bonds is 1. The molecule has 0 unspecified atom stereocenters. The molecule has 20 heavy (non-hydrogen) atoms. The molecule has 0 atom stereocenters. The number of carboxylic acid groups (broad SMARTS) is 1. The smallest absolute Gasteiger partial charge is 0.300 e. The summed E-state index contributed by atoms with van der Waals surface area (Å²) in [5.41, 5.74) is 0.343. The van der Waals surface area contributed by atoms with E-state index in [0.717, 1.165) is 6.92 Å². The van der Waals surface area contributed by atoms with Crippen molar-refractivity contribution in [3.05, 3.63) is 23.8 Å². The summed E-state index contributed by atoms with van der Waals surface area (Å²) in [5, 5.41) is 28.3. The van der Waals surface area contributed by atoms with Crippen molar-refractivity contribution in [2.24, 2.45) is 0 Å². The minimum atomic E-state index is -0.833. The Morgan fingerprint density at radius 3 is 2.00 bits per heavy atom. The summed E-state index contributed by atoms with van der Waals surface area (Å²) in [6.07, 6.45) is 4.81. The fourth-order valence-corrected chi connectivity index (χ4v) is 1.42. The van der Waals surface area contributed by atoms with Gasteiger partial charge in [0.05, 0.1) is 0 Å². The highest BCUT2D eigenvalue weighted by Crippen LogP contribution is 2.23. The molecule has 6 nitrogen and oxygen atoms in total. The van der Waals surface area contributed by atoms with Crippen molar-refractivity contribution in [1.82, 2.24) is 5.32 Å². The van der Waals surface area contributed by atoms with E-state index in [9.17, 15) is 4.79 Å². The number of nitrogens with one attached hydrogen (secondary N) is 1. The third kappa shape index (κ3) is 9.90. The first-order valence-corrected chi connectivity index (χ1v) is 6.34. The van der Waals surface area contributed by atoms with E-state index >= 15 is 0 Å². The maximum Gasteiger partial charge on any atom is 0.300 e. The second-order valence-corrected chi connectivity index (χ2v) is 4.20. The van der Waals surface area contributed by atoms with Crippen LogP contribution in [0.5, 0.6) is 11.5 Å². The van der Waals surface area contributed by atoms with Gasteiger partial charge in [0, 0.05) is 12.5 Å². The topological polar surface area (TPSA) is 107 Å². The van der Waals surface area contributed by atoms with Gasteiger partial charge >= 0.3 is 0 Å². The number of benzene rings is 1. The molecule has 1 aliphatic rings. The van der Waals surface area contributed by atoms with Crippen LogP contribution in [0, 0.1) is 0 Å². The van der Waals surface area contributed by atoms with E-state index in [-0.39, 0.29) is 11.5 Å². The molecule has 1 saturated heterocycles. The van der Waals surface area contributed by atoms with Crippen molar-refractivity contribution in [2.75, 3.05) is 13.1 Å². The predicted molar refractivity (Wildman–Crippen MR) is 75.2 cm³/mol. The number of carboxylic acids is 1. The zero-order chi connectivity index (χ0) is 15.4. The Balaban J connectivity index is 0.000000307. The fourth-order valence-electron chi connectivity index (χ4n) is 1.42. The molecule has 1 aromatic carbocycles. The Hall–Kier alpha value is -2.08. The lowest BCUT2D eigenvalue weighted by molar-refractivity contribution is -0.134. The van der Waals surface area contributed by atoms with Gasteiger partial charge in [0.2, 0.25) is 0 Å². The van der Waals surface area contributed by atoms with Crippen LogP contribution in [0.3, 0.4) is 0 Å². The van der Waals surface area contributed by atoms with Crippen molar-refractivity contribution in [1.29, 1.82) is 0 Å². The van der Waals surface area contributed by atoms with Crippen LogP contribution in [0.25, 0.3) is 0 Å². The largest absolute Gasteiger partial charge is 0.504 e. The van der Waals surface area contributed by atoms with Crippen molar-refractivity contribution in [2.45, 2.75) is 26.2 Å². The predicted octanol–water partition coefficient (Wildman–Crippen LogP) is 1.76. The molecule has 0 saturated carbocycles. The van der Waals surface area contributed by atoms with Crippen LogP contribution < -0.4 is 5.32 Å². The normalized spacial score (nSPS) is 13.1. The second-order valence-electron chi connectivity index (χ2n) is 4.20.